The van der Waals surface area contributed by atoms with E-state index in [-0.39, 0.29) is 5.69 Å². The molecular weight excluding hydrogens is 236 g/mol. The topological polar surface area (TPSA) is 88.9 Å². The van der Waals surface area contributed by atoms with Crippen LogP contribution in [0.4, 0.5) is 5.69 Å². The van der Waals surface area contributed by atoms with Gasteiger partial charge in [-0.05, 0) is 30.7 Å². The van der Waals surface area contributed by atoms with Crippen molar-refractivity contribution >= 4 is 11.9 Å². The molecule has 1 aromatic carbocycles. The smallest absolute Gasteiger partial charge is 0.269 e. The SMILES string of the molecule is Cc1cc([N+](=O)[O-])ccc1-c1ccc(C=NO)o1. The quantitative estimate of drug-likeness (QED) is 0.390. The second kappa shape index (κ2) is 4.70. The van der Waals surface area contributed by atoms with Crippen LogP contribution in [0.25, 0.3) is 11.3 Å². The summed E-state index contributed by atoms with van der Waals surface area (Å²) in [5.41, 5.74) is 1.55. The van der Waals surface area contributed by atoms with Crippen LogP contribution in [0.3, 0.4) is 0 Å². The Morgan fingerprint density at radius 2 is 2.17 bits per heavy atom. The predicted octanol–water partition coefficient (Wildman–Crippen LogP) is 2.97. The minimum Gasteiger partial charge on any atom is -0.455 e. The van der Waals surface area contributed by atoms with Gasteiger partial charge >= 0.3 is 0 Å². The van der Waals surface area contributed by atoms with Crippen LogP contribution in [0.15, 0.2) is 39.9 Å². The van der Waals surface area contributed by atoms with E-state index in [0.29, 0.717) is 11.5 Å². The first kappa shape index (κ1) is 11.8. The fourth-order valence-corrected chi connectivity index (χ4v) is 1.66. The first-order valence-electron chi connectivity index (χ1n) is 5.14. The van der Waals surface area contributed by atoms with Gasteiger partial charge in [0.1, 0.15) is 17.7 Å². The molecule has 0 aliphatic rings. The Bertz CT molecular complexity index is 616. The molecule has 1 heterocycles. The minimum absolute atomic E-state index is 0.0416. The maximum atomic E-state index is 10.6. The number of benzene rings is 1. The van der Waals surface area contributed by atoms with Crippen molar-refractivity contribution in [1.29, 1.82) is 0 Å². The molecule has 6 nitrogen and oxygen atoms in total. The number of rotatable bonds is 3. The third-order valence-corrected chi connectivity index (χ3v) is 2.50. The number of hydrogen-bond acceptors (Lipinski definition) is 5. The van der Waals surface area contributed by atoms with E-state index in [4.69, 9.17) is 9.62 Å². The van der Waals surface area contributed by atoms with Crippen LogP contribution in [-0.2, 0) is 0 Å². The Kier molecular flexibility index (Phi) is 3.09. The number of nitro groups is 1. The third kappa shape index (κ3) is 2.22. The van der Waals surface area contributed by atoms with Gasteiger partial charge in [0.25, 0.3) is 5.69 Å². The Labute approximate surface area is 102 Å². The van der Waals surface area contributed by atoms with E-state index in [1.807, 2.05) is 0 Å². The highest BCUT2D eigenvalue weighted by Crippen LogP contribution is 2.27. The number of nitro benzene ring substituents is 1. The third-order valence-electron chi connectivity index (χ3n) is 2.50. The summed E-state index contributed by atoms with van der Waals surface area (Å²) in [4.78, 5) is 10.2. The van der Waals surface area contributed by atoms with E-state index < -0.39 is 4.92 Å². The zero-order valence-corrected chi connectivity index (χ0v) is 9.53. The van der Waals surface area contributed by atoms with Crippen molar-refractivity contribution in [2.24, 2.45) is 5.16 Å². The lowest BCUT2D eigenvalue weighted by atomic mass is 10.1. The Balaban J connectivity index is 2.41. The van der Waals surface area contributed by atoms with Crippen molar-refractivity contribution < 1.29 is 14.5 Å². The molecule has 2 aromatic rings. The molecule has 0 amide bonds. The van der Waals surface area contributed by atoms with E-state index in [1.165, 1.54) is 18.3 Å². The van der Waals surface area contributed by atoms with Crippen molar-refractivity contribution in [3.63, 3.8) is 0 Å². The molecule has 0 spiro atoms. The van der Waals surface area contributed by atoms with E-state index in [1.54, 1.807) is 25.1 Å². The van der Waals surface area contributed by atoms with Crippen molar-refractivity contribution in [2.45, 2.75) is 6.92 Å². The molecule has 2 rings (SSSR count). The summed E-state index contributed by atoms with van der Waals surface area (Å²) in [5.74, 6) is 0.975. The molecule has 0 saturated heterocycles. The average molecular weight is 246 g/mol. The van der Waals surface area contributed by atoms with E-state index in [9.17, 15) is 10.1 Å². The maximum Gasteiger partial charge on any atom is 0.269 e. The number of hydrogen-bond donors (Lipinski definition) is 1. The minimum atomic E-state index is -0.442. The molecular formula is C12H10N2O4. The summed E-state index contributed by atoms with van der Waals surface area (Å²) in [5, 5.41) is 21.9. The van der Waals surface area contributed by atoms with Crippen molar-refractivity contribution in [2.75, 3.05) is 0 Å². The zero-order valence-electron chi connectivity index (χ0n) is 9.53. The maximum absolute atomic E-state index is 10.6. The van der Waals surface area contributed by atoms with Crippen LogP contribution >= 0.6 is 0 Å². The van der Waals surface area contributed by atoms with E-state index >= 15 is 0 Å². The highest BCUT2D eigenvalue weighted by molar-refractivity contribution is 5.77. The zero-order chi connectivity index (χ0) is 13.1. The Hall–Kier alpha value is -2.63. The molecule has 0 unspecified atom stereocenters. The van der Waals surface area contributed by atoms with Crippen LogP contribution in [0.2, 0.25) is 0 Å². The van der Waals surface area contributed by atoms with Gasteiger partial charge in [-0.3, -0.25) is 10.1 Å². The largest absolute Gasteiger partial charge is 0.455 e. The van der Waals surface area contributed by atoms with Gasteiger partial charge in [-0.1, -0.05) is 5.16 Å². The number of oxime groups is 1. The monoisotopic (exact) mass is 246 g/mol. The fraction of sp³-hybridized carbons (Fsp3) is 0.0833. The van der Waals surface area contributed by atoms with Gasteiger partial charge in [0.15, 0.2) is 0 Å². The lowest BCUT2D eigenvalue weighted by molar-refractivity contribution is -0.384. The molecule has 0 aliphatic heterocycles. The number of non-ortho nitro benzene ring substituents is 1. The lowest BCUT2D eigenvalue weighted by Crippen LogP contribution is -1.89. The highest BCUT2D eigenvalue weighted by Gasteiger charge is 2.11. The van der Waals surface area contributed by atoms with Crippen molar-refractivity contribution in [3.05, 3.63) is 51.8 Å². The van der Waals surface area contributed by atoms with Crippen LogP contribution in [0, 0.1) is 17.0 Å². The first-order chi connectivity index (χ1) is 8.61. The van der Waals surface area contributed by atoms with Gasteiger partial charge in [-0.25, -0.2) is 0 Å². The molecule has 0 aliphatic carbocycles. The number of aryl methyl sites for hydroxylation is 1. The molecule has 18 heavy (non-hydrogen) atoms. The van der Waals surface area contributed by atoms with Crippen molar-refractivity contribution in [3.8, 4) is 11.3 Å². The summed E-state index contributed by atoms with van der Waals surface area (Å²) in [6.07, 6.45) is 1.17. The fourth-order valence-electron chi connectivity index (χ4n) is 1.66. The summed E-state index contributed by atoms with van der Waals surface area (Å²) >= 11 is 0. The molecule has 0 fully saturated rings. The molecule has 0 saturated carbocycles. The second-order valence-corrected chi connectivity index (χ2v) is 3.70. The van der Waals surface area contributed by atoms with Crippen molar-refractivity contribution in [1.82, 2.24) is 0 Å². The van der Waals surface area contributed by atoms with Gasteiger partial charge in [-0.15, -0.1) is 0 Å². The molecule has 92 valence electrons. The van der Waals surface area contributed by atoms with E-state index in [2.05, 4.69) is 5.16 Å². The molecule has 1 aromatic heterocycles. The van der Waals surface area contributed by atoms with Gasteiger partial charge in [0.05, 0.1) is 4.92 Å². The second-order valence-electron chi connectivity index (χ2n) is 3.70. The predicted molar refractivity (Wildman–Crippen MR) is 64.9 cm³/mol. The van der Waals surface area contributed by atoms with Gasteiger partial charge in [0, 0.05) is 17.7 Å². The Morgan fingerprint density at radius 1 is 1.39 bits per heavy atom. The standard InChI is InChI=1S/C12H10N2O4/c1-8-6-9(14(16)17)2-4-11(8)12-5-3-10(18-12)7-13-15/h2-7,15H,1H3. The highest BCUT2D eigenvalue weighted by atomic mass is 16.6. The van der Waals surface area contributed by atoms with Crippen LogP contribution in [0.5, 0.6) is 0 Å². The van der Waals surface area contributed by atoms with E-state index in [0.717, 1.165) is 11.1 Å². The number of furan rings is 1. The van der Waals surface area contributed by atoms with Gasteiger partial charge < -0.3 is 9.62 Å². The lowest BCUT2D eigenvalue weighted by Gasteiger charge is -2.01. The summed E-state index contributed by atoms with van der Waals surface area (Å²) in [6, 6.07) is 7.90. The number of nitrogens with zero attached hydrogens (tertiary/aromatic N) is 2. The summed E-state index contributed by atoms with van der Waals surface area (Å²) in [7, 11) is 0. The van der Waals surface area contributed by atoms with Crippen LogP contribution in [0.1, 0.15) is 11.3 Å². The van der Waals surface area contributed by atoms with Crippen LogP contribution in [-0.4, -0.2) is 16.3 Å². The molecule has 0 radical (unpaired) electrons. The van der Waals surface area contributed by atoms with Gasteiger partial charge in [-0.2, -0.15) is 0 Å². The first-order valence-corrected chi connectivity index (χ1v) is 5.14. The Morgan fingerprint density at radius 3 is 2.78 bits per heavy atom. The summed E-state index contributed by atoms with van der Waals surface area (Å²) in [6.45, 7) is 1.77. The average Bonchev–Trinajstić information content (AvgIpc) is 2.77. The molecule has 6 heteroatoms. The molecule has 0 bridgehead atoms. The molecule has 1 N–H and O–H groups in total. The normalized spacial score (nSPS) is 10.9. The van der Waals surface area contributed by atoms with Gasteiger partial charge in [0.2, 0.25) is 0 Å². The molecule has 0 atom stereocenters. The van der Waals surface area contributed by atoms with Crippen LogP contribution < -0.4 is 0 Å². The summed E-state index contributed by atoms with van der Waals surface area (Å²) < 4.78 is 5.41.